The van der Waals surface area contributed by atoms with Crippen LogP contribution in [0.4, 0.5) is 17.5 Å². The number of pyridine rings is 1. The summed E-state index contributed by atoms with van der Waals surface area (Å²) in [6.07, 6.45) is 1.68. The lowest BCUT2D eigenvalue weighted by atomic mass is 10.2. The molecule has 0 fully saturated rings. The van der Waals surface area contributed by atoms with Crippen LogP contribution in [0, 0.1) is 0 Å². The molecule has 3 rings (SSSR count). The van der Waals surface area contributed by atoms with Crippen molar-refractivity contribution in [1.82, 2.24) is 15.0 Å². The highest BCUT2D eigenvalue weighted by Gasteiger charge is 2.11. The van der Waals surface area contributed by atoms with E-state index in [0.29, 0.717) is 33.9 Å². The second-order valence-electron chi connectivity index (χ2n) is 5.69. The molecule has 0 aliphatic carbocycles. The molecule has 0 unspecified atom stereocenters. The zero-order valence-corrected chi connectivity index (χ0v) is 14.8. The van der Waals surface area contributed by atoms with Gasteiger partial charge >= 0.3 is 0 Å². The molecule has 0 aliphatic heterocycles. The van der Waals surface area contributed by atoms with Gasteiger partial charge in [0, 0.05) is 23.3 Å². The molecule has 1 aromatic carbocycles. The zero-order valence-electron chi connectivity index (χ0n) is 14.0. The van der Waals surface area contributed by atoms with Gasteiger partial charge in [0.15, 0.2) is 0 Å². The Bertz CT molecular complexity index is 892. The van der Waals surface area contributed by atoms with E-state index < -0.39 is 0 Å². The van der Waals surface area contributed by atoms with E-state index in [9.17, 15) is 10.2 Å². The van der Waals surface area contributed by atoms with E-state index in [1.54, 1.807) is 24.4 Å². The molecule has 1 atom stereocenters. The average molecular weight is 372 g/mol. The standard InChI is InChI=1S/C18H18ClN5O2/c1-11(10-25)21-18-23-14(13-4-2-3-7-20-13)9-17(24-18)22-15-8-12(19)5-6-16(15)26/h2-9,11,25-26H,10H2,1H3,(H2,21,22,23,24)/t11-/m0/s1. The lowest BCUT2D eigenvalue weighted by molar-refractivity contribution is 0.281. The van der Waals surface area contributed by atoms with E-state index in [2.05, 4.69) is 25.6 Å². The van der Waals surface area contributed by atoms with E-state index in [-0.39, 0.29) is 18.4 Å². The van der Waals surface area contributed by atoms with Crippen molar-refractivity contribution < 1.29 is 10.2 Å². The van der Waals surface area contributed by atoms with Crippen molar-refractivity contribution >= 4 is 29.1 Å². The molecular formula is C18H18ClN5O2. The predicted octanol–water partition coefficient (Wildman–Crippen LogP) is 3.43. The number of hydrogen-bond donors (Lipinski definition) is 4. The van der Waals surface area contributed by atoms with Crippen LogP contribution in [-0.4, -0.2) is 37.8 Å². The first-order chi connectivity index (χ1) is 12.5. The first-order valence-corrected chi connectivity index (χ1v) is 8.36. The third-order valence-electron chi connectivity index (χ3n) is 3.52. The number of rotatable bonds is 6. The van der Waals surface area contributed by atoms with Crippen LogP contribution < -0.4 is 10.6 Å². The number of phenols is 1. The number of anilines is 3. The fourth-order valence-electron chi connectivity index (χ4n) is 2.23. The SMILES string of the molecule is C[C@@H](CO)Nc1nc(Nc2cc(Cl)ccc2O)cc(-c2ccccn2)n1. The number of aliphatic hydroxyl groups excluding tert-OH is 1. The Labute approximate surface area is 155 Å². The van der Waals surface area contributed by atoms with Gasteiger partial charge in [-0.15, -0.1) is 0 Å². The van der Waals surface area contributed by atoms with Crippen molar-refractivity contribution in [2.75, 3.05) is 17.2 Å². The first-order valence-electron chi connectivity index (χ1n) is 7.98. The van der Waals surface area contributed by atoms with E-state index in [4.69, 9.17) is 11.6 Å². The predicted molar refractivity (Wildman–Crippen MR) is 102 cm³/mol. The number of aliphatic hydroxyl groups is 1. The van der Waals surface area contributed by atoms with Gasteiger partial charge in [-0.05, 0) is 37.3 Å². The molecule has 2 heterocycles. The molecule has 0 aliphatic rings. The molecule has 0 amide bonds. The smallest absolute Gasteiger partial charge is 0.225 e. The number of hydrogen-bond acceptors (Lipinski definition) is 7. The minimum atomic E-state index is -0.221. The van der Waals surface area contributed by atoms with Crippen molar-refractivity contribution in [2.24, 2.45) is 0 Å². The van der Waals surface area contributed by atoms with Gasteiger partial charge in [-0.3, -0.25) is 4.98 Å². The molecule has 0 radical (unpaired) electrons. The van der Waals surface area contributed by atoms with Gasteiger partial charge in [0.1, 0.15) is 11.6 Å². The molecule has 8 heteroatoms. The summed E-state index contributed by atoms with van der Waals surface area (Å²) in [6.45, 7) is 1.75. The maximum Gasteiger partial charge on any atom is 0.225 e. The monoisotopic (exact) mass is 371 g/mol. The number of nitrogens with zero attached hydrogens (tertiary/aromatic N) is 3. The normalized spacial score (nSPS) is 11.8. The summed E-state index contributed by atoms with van der Waals surface area (Å²) in [4.78, 5) is 13.1. The summed E-state index contributed by atoms with van der Waals surface area (Å²) < 4.78 is 0. The fourth-order valence-corrected chi connectivity index (χ4v) is 2.41. The molecule has 0 bridgehead atoms. The van der Waals surface area contributed by atoms with Gasteiger partial charge < -0.3 is 20.8 Å². The molecule has 7 nitrogen and oxygen atoms in total. The van der Waals surface area contributed by atoms with Crippen molar-refractivity contribution in [3.05, 3.63) is 53.7 Å². The van der Waals surface area contributed by atoms with Crippen LogP contribution in [0.3, 0.4) is 0 Å². The fraction of sp³-hybridized carbons (Fsp3) is 0.167. The third-order valence-corrected chi connectivity index (χ3v) is 3.76. The van der Waals surface area contributed by atoms with Gasteiger partial charge in [-0.2, -0.15) is 4.98 Å². The molecule has 0 spiro atoms. The second-order valence-corrected chi connectivity index (χ2v) is 6.13. The Morgan fingerprint density at radius 2 is 1.96 bits per heavy atom. The number of phenolic OH excluding ortho intramolecular Hbond substituents is 1. The molecule has 3 aromatic rings. The zero-order chi connectivity index (χ0) is 18.5. The van der Waals surface area contributed by atoms with Crippen LogP contribution in [0.25, 0.3) is 11.4 Å². The van der Waals surface area contributed by atoms with Crippen molar-refractivity contribution in [3.8, 4) is 17.1 Å². The Balaban J connectivity index is 2.00. The number of nitrogens with one attached hydrogen (secondary N) is 2. The number of aromatic hydroxyl groups is 1. The largest absolute Gasteiger partial charge is 0.506 e. The Hall–Kier alpha value is -2.90. The number of benzene rings is 1. The van der Waals surface area contributed by atoms with Crippen molar-refractivity contribution in [1.29, 1.82) is 0 Å². The van der Waals surface area contributed by atoms with Crippen LogP contribution in [0.15, 0.2) is 48.7 Å². The Morgan fingerprint density at radius 3 is 2.69 bits per heavy atom. The lowest BCUT2D eigenvalue weighted by Crippen LogP contribution is -2.21. The van der Waals surface area contributed by atoms with Gasteiger partial charge in [0.25, 0.3) is 0 Å². The second kappa shape index (κ2) is 7.99. The average Bonchev–Trinajstić information content (AvgIpc) is 2.65. The minimum Gasteiger partial charge on any atom is -0.506 e. The summed E-state index contributed by atoms with van der Waals surface area (Å²) in [5.74, 6) is 0.829. The van der Waals surface area contributed by atoms with E-state index in [0.717, 1.165) is 0 Å². The number of halogens is 1. The van der Waals surface area contributed by atoms with Gasteiger partial charge in [0.2, 0.25) is 5.95 Å². The lowest BCUT2D eigenvalue weighted by Gasteiger charge is -2.14. The summed E-state index contributed by atoms with van der Waals surface area (Å²) >= 11 is 6.00. The molecule has 134 valence electrons. The Kier molecular flexibility index (Phi) is 5.50. The highest BCUT2D eigenvalue weighted by atomic mass is 35.5. The summed E-state index contributed by atoms with van der Waals surface area (Å²) in [5, 5.41) is 25.8. The minimum absolute atomic E-state index is 0.0469. The van der Waals surface area contributed by atoms with Gasteiger partial charge in [-0.25, -0.2) is 4.98 Å². The van der Waals surface area contributed by atoms with Crippen LogP contribution in [0.5, 0.6) is 5.75 Å². The van der Waals surface area contributed by atoms with E-state index in [1.165, 1.54) is 6.07 Å². The highest BCUT2D eigenvalue weighted by molar-refractivity contribution is 6.30. The van der Waals surface area contributed by atoms with E-state index >= 15 is 0 Å². The molecule has 26 heavy (non-hydrogen) atoms. The molecule has 0 saturated carbocycles. The molecular weight excluding hydrogens is 354 g/mol. The van der Waals surface area contributed by atoms with Gasteiger partial charge in [-0.1, -0.05) is 17.7 Å². The molecule has 4 N–H and O–H groups in total. The van der Waals surface area contributed by atoms with Crippen LogP contribution in [-0.2, 0) is 0 Å². The topological polar surface area (TPSA) is 103 Å². The van der Waals surface area contributed by atoms with Gasteiger partial charge in [0.05, 0.1) is 23.7 Å². The quantitative estimate of drug-likeness (QED) is 0.492. The first kappa shape index (κ1) is 17.9. The van der Waals surface area contributed by atoms with E-state index in [1.807, 2.05) is 25.1 Å². The van der Waals surface area contributed by atoms with Crippen LogP contribution >= 0.6 is 11.6 Å². The molecule has 2 aromatic heterocycles. The summed E-state index contributed by atoms with van der Waals surface area (Å²) in [7, 11) is 0. The third kappa shape index (κ3) is 4.38. The highest BCUT2D eigenvalue weighted by Crippen LogP contribution is 2.30. The van der Waals surface area contributed by atoms with Crippen molar-refractivity contribution in [2.45, 2.75) is 13.0 Å². The number of aromatic nitrogens is 3. The maximum absolute atomic E-state index is 10.0. The van der Waals surface area contributed by atoms with Crippen molar-refractivity contribution in [3.63, 3.8) is 0 Å². The Morgan fingerprint density at radius 1 is 1.12 bits per heavy atom. The van der Waals surface area contributed by atoms with Crippen LogP contribution in [0.1, 0.15) is 6.92 Å². The maximum atomic E-state index is 10.0. The summed E-state index contributed by atoms with van der Waals surface area (Å²) in [5.41, 5.74) is 1.69. The van der Waals surface area contributed by atoms with Crippen LogP contribution in [0.2, 0.25) is 5.02 Å². The molecule has 0 saturated heterocycles. The summed E-state index contributed by atoms with van der Waals surface area (Å²) in [6, 6.07) is 11.7.